The quantitative estimate of drug-likeness (QED) is 0.0296. The molecule has 4 N–H and O–H groups in total. The maximum Gasteiger partial charge on any atom is 0.306 e. The molecular weight excluding hydrogens is 656 g/mol. The van der Waals surface area contributed by atoms with Gasteiger partial charge >= 0.3 is 11.9 Å². The summed E-state index contributed by atoms with van der Waals surface area (Å²) in [6.07, 6.45) is 15.8. The molecule has 6 atom stereocenters. The molecule has 0 radical (unpaired) electrons. The molecule has 0 aromatic rings. The maximum atomic E-state index is 12.6. The smallest absolute Gasteiger partial charge is 0.306 e. The normalized spacial score (nSPS) is 22.0. The van der Waals surface area contributed by atoms with Gasteiger partial charge in [-0.2, -0.15) is 8.42 Å². The highest BCUT2D eigenvalue weighted by Crippen LogP contribution is 2.24. The lowest BCUT2D eigenvalue weighted by atomic mass is 10.00. The second-order valence-electron chi connectivity index (χ2n) is 13.2. The second kappa shape index (κ2) is 28.0. The van der Waals surface area contributed by atoms with Crippen molar-refractivity contribution in [1.29, 1.82) is 0 Å². The molecule has 12 nitrogen and oxygen atoms in total. The van der Waals surface area contributed by atoms with Gasteiger partial charge in [-0.15, -0.1) is 0 Å². The Balaban J connectivity index is 2.53. The van der Waals surface area contributed by atoms with Gasteiger partial charge in [0.2, 0.25) is 0 Å². The summed E-state index contributed by atoms with van der Waals surface area (Å²) in [6, 6.07) is 0. The standard InChI is InChI=1S/C36H66O12S/c1-3-5-7-9-11-13-14-15-16-17-19-20-22-24-31(37)45-26-29(47-32(38)25-23-21-18-12-10-8-6-4-2)27-46-36-35(41)34(40)33(39)30(48-36)28-49(42,43)44/h13-14,29-30,33-36,39-41H,3-12,15-28H2,1-2H3,(H,42,43,44)/b14-13+/t29-,30-,33-,34?,35?,36+/m1/s1. The van der Waals surface area contributed by atoms with E-state index in [-0.39, 0.29) is 19.4 Å². The van der Waals surface area contributed by atoms with Gasteiger partial charge in [0.05, 0.1) is 6.61 Å². The van der Waals surface area contributed by atoms with Gasteiger partial charge in [0, 0.05) is 12.8 Å². The number of aliphatic hydroxyl groups is 3. The summed E-state index contributed by atoms with van der Waals surface area (Å²) in [4.78, 5) is 25.1. The minimum atomic E-state index is -4.59. The predicted octanol–water partition coefficient (Wildman–Crippen LogP) is 5.94. The van der Waals surface area contributed by atoms with E-state index >= 15 is 0 Å². The highest BCUT2D eigenvalue weighted by atomic mass is 32.2. The number of aliphatic hydroxyl groups excluding tert-OH is 3. The van der Waals surface area contributed by atoms with E-state index in [1.54, 1.807) is 0 Å². The van der Waals surface area contributed by atoms with Crippen LogP contribution < -0.4 is 0 Å². The topological polar surface area (TPSA) is 186 Å². The molecule has 1 rings (SSSR count). The molecule has 1 aliphatic rings. The highest BCUT2D eigenvalue weighted by molar-refractivity contribution is 7.85. The number of carbonyl (C=O) groups is 2. The molecule has 2 unspecified atom stereocenters. The van der Waals surface area contributed by atoms with Crippen LogP contribution in [0.2, 0.25) is 0 Å². The molecule has 49 heavy (non-hydrogen) atoms. The molecule has 1 saturated heterocycles. The Kier molecular flexibility index (Phi) is 26.0. The fraction of sp³-hybridized carbons (Fsp3) is 0.889. The van der Waals surface area contributed by atoms with Crippen molar-refractivity contribution in [2.45, 2.75) is 185 Å². The molecule has 1 fully saturated rings. The summed E-state index contributed by atoms with van der Waals surface area (Å²) in [5.74, 6) is -1.99. The predicted molar refractivity (Wildman–Crippen MR) is 187 cm³/mol. The number of ether oxygens (including phenoxy) is 4. The summed E-state index contributed by atoms with van der Waals surface area (Å²) in [6.45, 7) is 3.66. The monoisotopic (exact) mass is 722 g/mol. The lowest BCUT2D eigenvalue weighted by Crippen LogP contribution is -2.60. The summed E-state index contributed by atoms with van der Waals surface area (Å²) >= 11 is 0. The Morgan fingerprint density at radius 3 is 1.71 bits per heavy atom. The zero-order valence-corrected chi connectivity index (χ0v) is 30.9. The van der Waals surface area contributed by atoms with E-state index in [0.29, 0.717) is 12.8 Å². The van der Waals surface area contributed by atoms with Crippen LogP contribution in [0.15, 0.2) is 12.2 Å². The summed E-state index contributed by atoms with van der Waals surface area (Å²) in [5.41, 5.74) is 0. The third-order valence-electron chi connectivity index (χ3n) is 8.60. The lowest BCUT2D eigenvalue weighted by molar-refractivity contribution is -0.297. The molecule has 288 valence electrons. The van der Waals surface area contributed by atoms with Crippen LogP contribution in [0.4, 0.5) is 0 Å². The number of hydrogen-bond donors (Lipinski definition) is 4. The maximum absolute atomic E-state index is 12.6. The Hall–Kier alpha value is -1.61. The molecule has 0 spiro atoms. The first-order chi connectivity index (χ1) is 23.5. The Labute approximate surface area is 295 Å². The first-order valence-electron chi connectivity index (χ1n) is 18.7. The van der Waals surface area contributed by atoms with Crippen molar-refractivity contribution in [3.8, 4) is 0 Å². The van der Waals surface area contributed by atoms with Crippen LogP contribution in [-0.4, -0.2) is 96.0 Å². The summed E-state index contributed by atoms with van der Waals surface area (Å²) in [7, 11) is -4.59. The third-order valence-corrected chi connectivity index (χ3v) is 9.35. The second-order valence-corrected chi connectivity index (χ2v) is 14.7. The van der Waals surface area contributed by atoms with E-state index in [2.05, 4.69) is 26.0 Å². The van der Waals surface area contributed by atoms with E-state index in [9.17, 15) is 37.9 Å². The Morgan fingerprint density at radius 2 is 1.16 bits per heavy atom. The summed E-state index contributed by atoms with van der Waals surface area (Å²) in [5, 5.41) is 30.6. The van der Waals surface area contributed by atoms with E-state index in [1.807, 2.05) is 0 Å². The molecule has 0 aromatic carbocycles. The fourth-order valence-electron chi connectivity index (χ4n) is 5.61. The molecular formula is C36H66O12S. The van der Waals surface area contributed by atoms with Gasteiger partial charge in [-0.3, -0.25) is 14.1 Å². The number of rotatable bonds is 30. The average molecular weight is 723 g/mol. The van der Waals surface area contributed by atoms with Crippen molar-refractivity contribution in [1.82, 2.24) is 0 Å². The van der Waals surface area contributed by atoms with Crippen molar-refractivity contribution < 1.29 is 56.8 Å². The Bertz CT molecular complexity index is 989. The third kappa shape index (κ3) is 23.5. The minimum absolute atomic E-state index is 0.165. The molecule has 0 bridgehead atoms. The van der Waals surface area contributed by atoms with E-state index in [4.69, 9.17) is 18.9 Å². The van der Waals surface area contributed by atoms with Gasteiger partial charge in [-0.1, -0.05) is 109 Å². The molecule has 0 aliphatic carbocycles. The van der Waals surface area contributed by atoms with Gasteiger partial charge < -0.3 is 34.3 Å². The number of hydrogen-bond acceptors (Lipinski definition) is 11. The molecule has 0 aromatic heterocycles. The zero-order chi connectivity index (χ0) is 36.3. The van der Waals surface area contributed by atoms with E-state index in [1.165, 1.54) is 51.4 Å². The van der Waals surface area contributed by atoms with Gasteiger partial charge in [0.1, 0.15) is 36.8 Å². The van der Waals surface area contributed by atoms with Crippen molar-refractivity contribution in [2.24, 2.45) is 0 Å². The molecule has 1 heterocycles. The number of allylic oxidation sites excluding steroid dienone is 2. The van der Waals surface area contributed by atoms with Crippen molar-refractivity contribution in [3.05, 3.63) is 12.2 Å². The Morgan fingerprint density at radius 1 is 0.673 bits per heavy atom. The largest absolute Gasteiger partial charge is 0.462 e. The zero-order valence-electron chi connectivity index (χ0n) is 30.1. The highest BCUT2D eigenvalue weighted by Gasteiger charge is 2.46. The van der Waals surface area contributed by atoms with Crippen LogP contribution in [0, 0.1) is 0 Å². The van der Waals surface area contributed by atoms with E-state index in [0.717, 1.165) is 57.8 Å². The lowest BCUT2D eigenvalue weighted by Gasteiger charge is -2.40. The van der Waals surface area contributed by atoms with Crippen molar-refractivity contribution >= 4 is 22.1 Å². The minimum Gasteiger partial charge on any atom is -0.462 e. The number of unbranched alkanes of at least 4 members (excludes halogenated alkanes) is 16. The van der Waals surface area contributed by atoms with Crippen molar-refractivity contribution in [3.63, 3.8) is 0 Å². The van der Waals surface area contributed by atoms with Crippen LogP contribution in [0.3, 0.4) is 0 Å². The van der Waals surface area contributed by atoms with Crippen LogP contribution in [0.1, 0.15) is 149 Å². The van der Waals surface area contributed by atoms with Crippen molar-refractivity contribution in [2.75, 3.05) is 19.0 Å². The van der Waals surface area contributed by atoms with Crippen LogP contribution in [0.25, 0.3) is 0 Å². The average Bonchev–Trinajstić information content (AvgIpc) is 3.05. The van der Waals surface area contributed by atoms with Gasteiger partial charge in [-0.25, -0.2) is 0 Å². The molecule has 0 saturated carbocycles. The number of esters is 2. The molecule has 1 aliphatic heterocycles. The molecule has 13 heteroatoms. The van der Waals surface area contributed by atoms with E-state index < -0.39 is 71.2 Å². The van der Waals surface area contributed by atoms with Crippen LogP contribution >= 0.6 is 0 Å². The SMILES string of the molecule is CCCCCC/C=C/CCCCCCCC(=O)OC[C@H](CO[C@H]1O[C@H](CS(=O)(=O)O)[C@@H](O)C(O)C1O)OC(=O)CCCCCCCCCC. The first kappa shape index (κ1) is 45.4. The molecule has 0 amide bonds. The number of carbonyl (C=O) groups excluding carboxylic acids is 2. The van der Waals surface area contributed by atoms with Crippen LogP contribution in [0.5, 0.6) is 0 Å². The van der Waals surface area contributed by atoms with Gasteiger partial charge in [0.15, 0.2) is 12.4 Å². The summed E-state index contributed by atoms with van der Waals surface area (Å²) < 4.78 is 53.6. The van der Waals surface area contributed by atoms with Crippen LogP contribution in [-0.2, 0) is 38.7 Å². The fourth-order valence-corrected chi connectivity index (χ4v) is 6.30. The first-order valence-corrected chi connectivity index (χ1v) is 20.4. The van der Waals surface area contributed by atoms with Gasteiger partial charge in [-0.05, 0) is 38.5 Å². The van der Waals surface area contributed by atoms with Gasteiger partial charge in [0.25, 0.3) is 10.1 Å².